The lowest BCUT2D eigenvalue weighted by Crippen LogP contribution is -2.15. The molecule has 1 heteroatoms. The maximum atomic E-state index is 11.3. The van der Waals surface area contributed by atoms with Crippen LogP contribution in [0.4, 0.5) is 0 Å². The quantitative estimate of drug-likeness (QED) is 0.616. The number of rotatable bonds is 2. The van der Waals surface area contributed by atoms with Crippen molar-refractivity contribution in [1.82, 2.24) is 0 Å². The third kappa shape index (κ3) is 2.47. The van der Waals surface area contributed by atoms with Gasteiger partial charge in [0, 0.05) is 6.42 Å². The monoisotopic (exact) mass is 166 g/mol. The van der Waals surface area contributed by atoms with Crippen molar-refractivity contribution < 1.29 is 4.79 Å². The SMILES string of the molecule is CC1=CCC(CC(C)C)CC1=O. The lowest BCUT2D eigenvalue weighted by Gasteiger charge is -2.20. The van der Waals surface area contributed by atoms with Crippen LogP contribution < -0.4 is 0 Å². The van der Waals surface area contributed by atoms with Crippen LogP contribution in [0.15, 0.2) is 11.6 Å². The second kappa shape index (κ2) is 3.88. The summed E-state index contributed by atoms with van der Waals surface area (Å²) >= 11 is 0. The minimum absolute atomic E-state index is 0.354. The summed E-state index contributed by atoms with van der Waals surface area (Å²) in [6.45, 7) is 6.36. The van der Waals surface area contributed by atoms with Gasteiger partial charge < -0.3 is 0 Å². The number of ketones is 1. The fourth-order valence-corrected chi connectivity index (χ4v) is 1.81. The van der Waals surface area contributed by atoms with Crippen LogP contribution in [0.5, 0.6) is 0 Å². The molecule has 0 aromatic carbocycles. The first-order valence-corrected chi connectivity index (χ1v) is 4.79. The predicted molar refractivity (Wildman–Crippen MR) is 50.9 cm³/mol. The molecule has 0 spiro atoms. The van der Waals surface area contributed by atoms with Crippen molar-refractivity contribution in [2.24, 2.45) is 11.8 Å². The van der Waals surface area contributed by atoms with Crippen LogP contribution in [0.3, 0.4) is 0 Å². The van der Waals surface area contributed by atoms with E-state index < -0.39 is 0 Å². The van der Waals surface area contributed by atoms with E-state index in [4.69, 9.17) is 0 Å². The standard InChI is InChI=1S/C11H18O/c1-8(2)6-10-5-4-9(3)11(12)7-10/h4,8,10H,5-7H2,1-3H3. The number of carbonyl (C=O) groups is 1. The summed E-state index contributed by atoms with van der Waals surface area (Å²) in [5.74, 6) is 1.68. The van der Waals surface area contributed by atoms with E-state index in [0.717, 1.165) is 24.3 Å². The van der Waals surface area contributed by atoms with Gasteiger partial charge in [-0.2, -0.15) is 0 Å². The number of allylic oxidation sites excluding steroid dienone is 2. The lowest BCUT2D eigenvalue weighted by atomic mass is 9.84. The molecule has 0 aromatic heterocycles. The Balaban J connectivity index is 2.48. The van der Waals surface area contributed by atoms with Gasteiger partial charge >= 0.3 is 0 Å². The van der Waals surface area contributed by atoms with Gasteiger partial charge in [0.05, 0.1) is 0 Å². The Morgan fingerprint density at radius 3 is 2.75 bits per heavy atom. The molecule has 0 saturated heterocycles. The minimum atomic E-state index is 0.354. The third-order valence-corrected chi connectivity index (χ3v) is 2.48. The number of hydrogen-bond acceptors (Lipinski definition) is 1. The second-order valence-electron chi connectivity index (χ2n) is 4.25. The van der Waals surface area contributed by atoms with Gasteiger partial charge in [0.15, 0.2) is 5.78 Å². The molecule has 0 aromatic rings. The Hall–Kier alpha value is -0.590. The predicted octanol–water partition coefficient (Wildman–Crippen LogP) is 2.96. The van der Waals surface area contributed by atoms with Crippen LogP contribution in [0.25, 0.3) is 0 Å². The lowest BCUT2D eigenvalue weighted by molar-refractivity contribution is -0.116. The first-order valence-electron chi connectivity index (χ1n) is 4.79. The summed E-state index contributed by atoms with van der Waals surface area (Å²) in [5, 5.41) is 0. The van der Waals surface area contributed by atoms with E-state index in [0.29, 0.717) is 11.7 Å². The molecule has 0 fully saturated rings. The van der Waals surface area contributed by atoms with E-state index in [1.807, 2.05) is 6.92 Å². The average molecular weight is 166 g/mol. The van der Waals surface area contributed by atoms with Crippen molar-refractivity contribution in [3.05, 3.63) is 11.6 Å². The van der Waals surface area contributed by atoms with Gasteiger partial charge in [-0.25, -0.2) is 0 Å². The molecule has 1 unspecified atom stereocenters. The maximum absolute atomic E-state index is 11.3. The first-order chi connectivity index (χ1) is 5.59. The highest BCUT2D eigenvalue weighted by atomic mass is 16.1. The summed E-state index contributed by atoms with van der Waals surface area (Å²) in [4.78, 5) is 11.3. The van der Waals surface area contributed by atoms with Gasteiger partial charge in [-0.05, 0) is 37.2 Å². The summed E-state index contributed by atoms with van der Waals surface area (Å²) in [6, 6.07) is 0. The van der Waals surface area contributed by atoms with E-state index in [1.165, 1.54) is 6.42 Å². The Morgan fingerprint density at radius 1 is 1.58 bits per heavy atom. The third-order valence-electron chi connectivity index (χ3n) is 2.48. The Kier molecular flexibility index (Phi) is 3.07. The van der Waals surface area contributed by atoms with Crippen molar-refractivity contribution in [2.75, 3.05) is 0 Å². The molecular weight excluding hydrogens is 148 g/mol. The van der Waals surface area contributed by atoms with Crippen LogP contribution >= 0.6 is 0 Å². The van der Waals surface area contributed by atoms with Gasteiger partial charge in [0.25, 0.3) is 0 Å². The zero-order chi connectivity index (χ0) is 9.14. The maximum Gasteiger partial charge on any atom is 0.158 e. The highest BCUT2D eigenvalue weighted by Gasteiger charge is 2.19. The van der Waals surface area contributed by atoms with Crippen LogP contribution in [0, 0.1) is 11.8 Å². The smallest absolute Gasteiger partial charge is 0.158 e. The van der Waals surface area contributed by atoms with E-state index >= 15 is 0 Å². The van der Waals surface area contributed by atoms with E-state index in [9.17, 15) is 4.79 Å². The molecule has 1 rings (SSSR count). The number of Topliss-reactive ketones (excluding diaryl/α,β-unsaturated/α-hetero) is 1. The molecule has 1 atom stereocenters. The van der Waals surface area contributed by atoms with Gasteiger partial charge in [-0.15, -0.1) is 0 Å². The van der Waals surface area contributed by atoms with Gasteiger partial charge in [0.2, 0.25) is 0 Å². The summed E-state index contributed by atoms with van der Waals surface area (Å²) < 4.78 is 0. The highest BCUT2D eigenvalue weighted by molar-refractivity contribution is 5.95. The molecule has 0 amide bonds. The van der Waals surface area contributed by atoms with E-state index in [-0.39, 0.29) is 0 Å². The molecule has 0 heterocycles. The Bertz CT molecular complexity index is 201. The molecule has 1 nitrogen and oxygen atoms in total. The number of hydrogen-bond donors (Lipinski definition) is 0. The summed E-state index contributed by atoms with van der Waals surface area (Å²) in [5.41, 5.74) is 0.968. The van der Waals surface area contributed by atoms with Crippen molar-refractivity contribution >= 4 is 5.78 Å². The van der Waals surface area contributed by atoms with Crippen LogP contribution in [-0.2, 0) is 4.79 Å². The number of carbonyl (C=O) groups excluding carboxylic acids is 1. The topological polar surface area (TPSA) is 17.1 Å². The fraction of sp³-hybridized carbons (Fsp3) is 0.727. The highest BCUT2D eigenvalue weighted by Crippen LogP contribution is 2.25. The van der Waals surface area contributed by atoms with Crippen molar-refractivity contribution in [3.63, 3.8) is 0 Å². The normalized spacial score (nSPS) is 24.5. The van der Waals surface area contributed by atoms with Crippen molar-refractivity contribution in [2.45, 2.75) is 40.0 Å². The average Bonchev–Trinajstić information content (AvgIpc) is 1.96. The largest absolute Gasteiger partial charge is 0.295 e. The van der Waals surface area contributed by atoms with Gasteiger partial charge in [-0.1, -0.05) is 19.9 Å². The molecule has 1 aliphatic carbocycles. The minimum Gasteiger partial charge on any atom is -0.295 e. The Morgan fingerprint density at radius 2 is 2.25 bits per heavy atom. The molecule has 0 saturated carbocycles. The molecule has 0 radical (unpaired) electrons. The zero-order valence-corrected chi connectivity index (χ0v) is 8.26. The molecule has 0 bridgehead atoms. The van der Waals surface area contributed by atoms with Crippen LogP contribution in [0.1, 0.15) is 40.0 Å². The molecule has 12 heavy (non-hydrogen) atoms. The molecule has 0 N–H and O–H groups in total. The zero-order valence-electron chi connectivity index (χ0n) is 8.26. The summed E-state index contributed by atoms with van der Waals surface area (Å²) in [6.07, 6.45) is 5.17. The van der Waals surface area contributed by atoms with E-state index in [2.05, 4.69) is 19.9 Å². The molecule has 68 valence electrons. The second-order valence-corrected chi connectivity index (χ2v) is 4.25. The first kappa shape index (κ1) is 9.50. The Labute approximate surface area is 74.9 Å². The van der Waals surface area contributed by atoms with Crippen LogP contribution in [-0.4, -0.2) is 5.78 Å². The molecular formula is C11H18O. The van der Waals surface area contributed by atoms with Gasteiger partial charge in [-0.3, -0.25) is 4.79 Å². The van der Waals surface area contributed by atoms with Crippen LogP contribution in [0.2, 0.25) is 0 Å². The molecule has 0 aliphatic heterocycles. The van der Waals surface area contributed by atoms with E-state index in [1.54, 1.807) is 0 Å². The van der Waals surface area contributed by atoms with Crippen molar-refractivity contribution in [1.29, 1.82) is 0 Å². The summed E-state index contributed by atoms with van der Waals surface area (Å²) in [7, 11) is 0. The van der Waals surface area contributed by atoms with Gasteiger partial charge in [0.1, 0.15) is 0 Å². The fourth-order valence-electron chi connectivity index (χ4n) is 1.81. The molecule has 1 aliphatic rings. The van der Waals surface area contributed by atoms with Crippen molar-refractivity contribution in [3.8, 4) is 0 Å².